The molecule has 0 heterocycles. The van der Waals surface area contributed by atoms with Crippen LogP contribution >= 0.6 is 0 Å². The molecule has 0 aliphatic heterocycles. The van der Waals surface area contributed by atoms with Crippen molar-refractivity contribution < 1.29 is 14.6 Å². The summed E-state index contributed by atoms with van der Waals surface area (Å²) in [4.78, 5) is 0. The lowest BCUT2D eigenvalue weighted by Gasteiger charge is -2.20. The monoisotopic (exact) mass is 236 g/mol. The molecule has 0 saturated heterocycles. The van der Waals surface area contributed by atoms with Crippen molar-refractivity contribution in [3.8, 4) is 11.5 Å². The lowest BCUT2D eigenvalue weighted by Crippen LogP contribution is -2.06. The highest BCUT2D eigenvalue weighted by Gasteiger charge is 2.25. The molecule has 1 aromatic rings. The predicted octanol–water partition coefficient (Wildman–Crippen LogP) is 2.77. The van der Waals surface area contributed by atoms with Crippen molar-refractivity contribution in [1.29, 1.82) is 0 Å². The number of ether oxygens (including phenoxy) is 2. The van der Waals surface area contributed by atoms with Crippen LogP contribution in [-0.4, -0.2) is 19.3 Å². The summed E-state index contributed by atoms with van der Waals surface area (Å²) < 4.78 is 10.8. The van der Waals surface area contributed by atoms with Crippen molar-refractivity contribution >= 4 is 0 Å². The van der Waals surface area contributed by atoms with E-state index in [-0.39, 0.29) is 0 Å². The van der Waals surface area contributed by atoms with Crippen molar-refractivity contribution in [3.05, 3.63) is 22.8 Å². The summed E-state index contributed by atoms with van der Waals surface area (Å²) in [6, 6.07) is 2.00. The van der Waals surface area contributed by atoms with Crippen molar-refractivity contribution in [2.45, 2.75) is 38.7 Å². The number of aryl methyl sites for hydroxylation is 1. The molecule has 1 aliphatic rings. The number of hydrogen-bond donors (Lipinski definition) is 1. The highest BCUT2D eigenvalue weighted by molar-refractivity contribution is 5.55. The zero-order valence-corrected chi connectivity index (χ0v) is 10.7. The lowest BCUT2D eigenvalue weighted by atomic mass is 9.95. The molecule has 0 spiro atoms. The van der Waals surface area contributed by atoms with Gasteiger partial charge in [0.1, 0.15) is 0 Å². The summed E-state index contributed by atoms with van der Waals surface area (Å²) >= 11 is 0. The topological polar surface area (TPSA) is 38.7 Å². The Kier molecular flexibility index (Phi) is 3.57. The second-order valence-corrected chi connectivity index (χ2v) is 4.58. The Bertz CT molecular complexity index is 412. The van der Waals surface area contributed by atoms with Gasteiger partial charge >= 0.3 is 0 Å². The average Bonchev–Trinajstić information content (AvgIpc) is 2.52. The molecular formula is C14H20O3. The number of fused-ring (bicyclic) bond motifs is 1. The van der Waals surface area contributed by atoms with Gasteiger partial charge in [-0.15, -0.1) is 0 Å². The number of hydrogen-bond acceptors (Lipinski definition) is 3. The summed E-state index contributed by atoms with van der Waals surface area (Å²) in [7, 11) is 3.26. The molecule has 1 aliphatic carbocycles. The second-order valence-electron chi connectivity index (χ2n) is 4.58. The van der Waals surface area contributed by atoms with Gasteiger partial charge in [-0.05, 0) is 43.4 Å². The van der Waals surface area contributed by atoms with E-state index in [1.807, 2.05) is 6.07 Å². The van der Waals surface area contributed by atoms with Crippen molar-refractivity contribution in [2.24, 2.45) is 0 Å². The second kappa shape index (κ2) is 4.96. The number of rotatable bonds is 2. The summed E-state index contributed by atoms with van der Waals surface area (Å²) in [5.41, 5.74) is 3.34. The molecule has 1 aromatic carbocycles. The van der Waals surface area contributed by atoms with E-state index >= 15 is 0 Å². The molecule has 1 atom stereocenters. The Balaban J connectivity index is 2.64. The highest BCUT2D eigenvalue weighted by Crippen LogP contribution is 2.42. The van der Waals surface area contributed by atoms with Gasteiger partial charge in [-0.25, -0.2) is 0 Å². The van der Waals surface area contributed by atoms with Gasteiger partial charge in [0.15, 0.2) is 11.5 Å². The average molecular weight is 236 g/mol. The number of aliphatic hydroxyl groups excluding tert-OH is 1. The van der Waals surface area contributed by atoms with E-state index in [1.54, 1.807) is 14.2 Å². The predicted molar refractivity (Wildman–Crippen MR) is 66.8 cm³/mol. The maximum absolute atomic E-state index is 10.3. The zero-order chi connectivity index (χ0) is 12.4. The fourth-order valence-electron chi connectivity index (χ4n) is 2.66. The van der Waals surface area contributed by atoms with E-state index in [9.17, 15) is 5.11 Å². The third-order valence-corrected chi connectivity index (χ3v) is 3.53. The Hall–Kier alpha value is -1.22. The summed E-state index contributed by atoms with van der Waals surface area (Å²) in [5, 5.41) is 10.3. The first kappa shape index (κ1) is 12.2. The van der Waals surface area contributed by atoms with Crippen LogP contribution in [0.25, 0.3) is 0 Å². The SMILES string of the molecule is COc1cc(C)c2c(c1OC)C(O)CCCC2. The van der Waals surface area contributed by atoms with Gasteiger partial charge in [0.25, 0.3) is 0 Å². The van der Waals surface area contributed by atoms with Crippen LogP contribution in [0.2, 0.25) is 0 Å². The Labute approximate surface area is 102 Å². The van der Waals surface area contributed by atoms with E-state index < -0.39 is 6.10 Å². The minimum atomic E-state index is -0.434. The molecule has 0 amide bonds. The van der Waals surface area contributed by atoms with Crippen LogP contribution in [0.4, 0.5) is 0 Å². The molecule has 0 aromatic heterocycles. The first-order valence-electron chi connectivity index (χ1n) is 6.11. The van der Waals surface area contributed by atoms with Gasteiger partial charge in [-0.1, -0.05) is 6.42 Å². The van der Waals surface area contributed by atoms with Crippen LogP contribution in [0.1, 0.15) is 42.1 Å². The van der Waals surface area contributed by atoms with Crippen molar-refractivity contribution in [1.82, 2.24) is 0 Å². The molecule has 2 rings (SSSR count). The normalized spacial score (nSPS) is 19.4. The Morgan fingerprint density at radius 3 is 2.65 bits per heavy atom. The molecule has 1 N–H and O–H groups in total. The molecule has 0 fully saturated rings. The van der Waals surface area contributed by atoms with Gasteiger partial charge < -0.3 is 14.6 Å². The molecule has 3 heteroatoms. The Morgan fingerprint density at radius 2 is 2.00 bits per heavy atom. The van der Waals surface area contributed by atoms with Crippen LogP contribution in [0.3, 0.4) is 0 Å². The van der Waals surface area contributed by atoms with E-state index in [0.717, 1.165) is 31.2 Å². The molecule has 1 unspecified atom stereocenters. The van der Waals surface area contributed by atoms with Crippen molar-refractivity contribution in [2.75, 3.05) is 14.2 Å². The van der Waals surface area contributed by atoms with Gasteiger partial charge in [0.2, 0.25) is 0 Å². The van der Waals surface area contributed by atoms with E-state index in [4.69, 9.17) is 9.47 Å². The fourth-order valence-corrected chi connectivity index (χ4v) is 2.66. The highest BCUT2D eigenvalue weighted by atomic mass is 16.5. The Morgan fingerprint density at radius 1 is 1.24 bits per heavy atom. The van der Waals surface area contributed by atoms with E-state index in [0.29, 0.717) is 11.5 Å². The third kappa shape index (κ3) is 2.12. The molecule has 3 nitrogen and oxygen atoms in total. The van der Waals surface area contributed by atoms with Gasteiger partial charge in [0, 0.05) is 5.56 Å². The smallest absolute Gasteiger partial charge is 0.166 e. The van der Waals surface area contributed by atoms with Crippen LogP contribution < -0.4 is 9.47 Å². The zero-order valence-electron chi connectivity index (χ0n) is 10.7. The van der Waals surface area contributed by atoms with Crippen LogP contribution in [-0.2, 0) is 6.42 Å². The first-order valence-corrected chi connectivity index (χ1v) is 6.11. The van der Waals surface area contributed by atoms with E-state index in [1.165, 1.54) is 11.1 Å². The molecule has 17 heavy (non-hydrogen) atoms. The summed E-state index contributed by atoms with van der Waals surface area (Å²) in [5.74, 6) is 1.41. The maximum atomic E-state index is 10.3. The fraction of sp³-hybridized carbons (Fsp3) is 0.571. The standard InChI is InChI=1S/C14H20O3/c1-9-8-12(16-2)14(17-3)13-10(9)6-4-5-7-11(13)15/h8,11,15H,4-7H2,1-3H3. The van der Waals surface area contributed by atoms with Gasteiger partial charge in [0.05, 0.1) is 20.3 Å². The number of aliphatic hydroxyl groups is 1. The van der Waals surface area contributed by atoms with Gasteiger partial charge in [-0.3, -0.25) is 0 Å². The maximum Gasteiger partial charge on any atom is 0.166 e. The largest absolute Gasteiger partial charge is 0.493 e. The number of benzene rings is 1. The summed E-state index contributed by atoms with van der Waals surface area (Å²) in [6.07, 6.45) is 3.56. The lowest BCUT2D eigenvalue weighted by molar-refractivity contribution is 0.161. The molecule has 0 saturated carbocycles. The number of methoxy groups -OCH3 is 2. The molecular weight excluding hydrogens is 216 g/mol. The van der Waals surface area contributed by atoms with Crippen LogP contribution in [0, 0.1) is 6.92 Å². The minimum absolute atomic E-state index is 0.434. The minimum Gasteiger partial charge on any atom is -0.493 e. The summed E-state index contributed by atoms with van der Waals surface area (Å²) in [6.45, 7) is 2.07. The third-order valence-electron chi connectivity index (χ3n) is 3.53. The quantitative estimate of drug-likeness (QED) is 0.802. The molecule has 0 bridgehead atoms. The van der Waals surface area contributed by atoms with Crippen LogP contribution in [0.5, 0.6) is 11.5 Å². The van der Waals surface area contributed by atoms with E-state index in [2.05, 4.69) is 6.92 Å². The first-order chi connectivity index (χ1) is 8.19. The van der Waals surface area contributed by atoms with Gasteiger partial charge in [-0.2, -0.15) is 0 Å². The molecule has 0 radical (unpaired) electrons. The van der Waals surface area contributed by atoms with Crippen LogP contribution in [0.15, 0.2) is 6.07 Å². The molecule has 94 valence electrons. The van der Waals surface area contributed by atoms with Crippen molar-refractivity contribution in [3.63, 3.8) is 0 Å².